The summed E-state index contributed by atoms with van der Waals surface area (Å²) >= 11 is 1.58. The third-order valence-electron chi connectivity index (χ3n) is 1.55. The summed E-state index contributed by atoms with van der Waals surface area (Å²) in [7, 11) is 1.96. The van der Waals surface area contributed by atoms with E-state index in [0.29, 0.717) is 0 Å². The average Bonchev–Trinajstić information content (AvgIpc) is 2.20. The molecule has 0 unspecified atom stereocenters. The van der Waals surface area contributed by atoms with Crippen LogP contribution in [-0.4, -0.2) is 23.7 Å². The zero-order chi connectivity index (χ0) is 7.56. The summed E-state index contributed by atoms with van der Waals surface area (Å²) in [4.78, 5) is 3.18. The van der Waals surface area contributed by atoms with Gasteiger partial charge in [-0.3, -0.25) is 0 Å². The Bertz CT molecular complexity index is 156. The highest BCUT2D eigenvalue weighted by Gasteiger charge is 2.16. The molecule has 0 saturated carbocycles. The predicted molar refractivity (Wildman–Crippen MR) is 43.0 cm³/mol. The Morgan fingerprint density at radius 3 is 2.80 bits per heavy atom. The fourth-order valence-corrected chi connectivity index (χ4v) is 1.65. The van der Waals surface area contributed by atoms with Crippen LogP contribution in [0.3, 0.4) is 0 Å². The molecule has 1 N–H and O–H groups in total. The molecule has 2 nitrogen and oxygen atoms in total. The van der Waals surface area contributed by atoms with E-state index >= 15 is 0 Å². The monoisotopic (exact) mass is 157 g/mol. The molecule has 0 fully saturated rings. The van der Waals surface area contributed by atoms with Crippen molar-refractivity contribution in [3.8, 4) is 0 Å². The second-order valence-electron chi connectivity index (χ2n) is 2.23. The molecular weight excluding hydrogens is 146 g/mol. The molecule has 1 heterocycles. The standard InChI is InChI=1S/C7H11NOS/c1-6-7(3-4-9)10-5-8(6)2/h9H,3-4H2,1-2H3. The van der Waals surface area contributed by atoms with Gasteiger partial charge in [-0.1, -0.05) is 11.8 Å². The number of thioether (sulfide) groups is 1. The fraction of sp³-hybridized carbons (Fsp3) is 0.571. The summed E-state index contributed by atoms with van der Waals surface area (Å²) in [5.41, 5.74) is 1.21. The molecule has 10 heavy (non-hydrogen) atoms. The van der Waals surface area contributed by atoms with Crippen molar-refractivity contribution in [2.75, 3.05) is 13.7 Å². The molecule has 0 spiro atoms. The third-order valence-corrected chi connectivity index (χ3v) is 2.66. The van der Waals surface area contributed by atoms with Crippen LogP contribution in [0.25, 0.3) is 0 Å². The molecule has 3 heteroatoms. The molecule has 1 aliphatic heterocycles. The first kappa shape index (κ1) is 7.95. The van der Waals surface area contributed by atoms with Crippen LogP contribution in [0.15, 0.2) is 10.6 Å². The lowest BCUT2D eigenvalue weighted by atomic mass is 10.3. The van der Waals surface area contributed by atoms with Gasteiger partial charge in [0.05, 0.1) is 0 Å². The summed E-state index contributed by atoms with van der Waals surface area (Å²) in [6.45, 7) is 2.27. The van der Waals surface area contributed by atoms with Crippen molar-refractivity contribution in [3.63, 3.8) is 0 Å². The highest BCUT2D eigenvalue weighted by atomic mass is 32.2. The Morgan fingerprint density at radius 1 is 1.70 bits per heavy atom. The molecule has 2 radical (unpaired) electrons. The van der Waals surface area contributed by atoms with Gasteiger partial charge in [-0.25, -0.2) is 0 Å². The summed E-state index contributed by atoms with van der Waals surface area (Å²) in [6, 6.07) is 0. The fourth-order valence-electron chi connectivity index (χ4n) is 0.786. The number of aliphatic hydroxyl groups excluding tert-OH is 1. The van der Waals surface area contributed by atoms with Crippen molar-refractivity contribution in [2.24, 2.45) is 0 Å². The minimum Gasteiger partial charge on any atom is -0.396 e. The molecular formula is C7H11NOS. The van der Waals surface area contributed by atoms with Crippen LogP contribution < -0.4 is 0 Å². The van der Waals surface area contributed by atoms with E-state index in [9.17, 15) is 0 Å². The van der Waals surface area contributed by atoms with Gasteiger partial charge in [0.25, 0.3) is 0 Å². The van der Waals surface area contributed by atoms with Crippen LogP contribution in [0, 0.1) is 5.88 Å². The largest absolute Gasteiger partial charge is 0.396 e. The first-order valence-corrected chi connectivity index (χ1v) is 4.04. The van der Waals surface area contributed by atoms with Crippen LogP contribution in [0.1, 0.15) is 13.3 Å². The van der Waals surface area contributed by atoms with Crippen LogP contribution in [-0.2, 0) is 0 Å². The SMILES string of the molecule is CC1=C(CCO)S[C]N1C. The van der Waals surface area contributed by atoms with E-state index in [1.165, 1.54) is 10.6 Å². The summed E-state index contributed by atoms with van der Waals surface area (Å²) in [6.07, 6.45) is 0.758. The van der Waals surface area contributed by atoms with Gasteiger partial charge in [0.2, 0.25) is 0 Å². The molecule has 0 bridgehead atoms. The highest BCUT2D eigenvalue weighted by molar-refractivity contribution is 8.05. The van der Waals surface area contributed by atoms with Gasteiger partial charge in [-0.15, -0.1) is 0 Å². The minimum absolute atomic E-state index is 0.231. The van der Waals surface area contributed by atoms with Gasteiger partial charge < -0.3 is 10.0 Å². The smallest absolute Gasteiger partial charge is 0.163 e. The van der Waals surface area contributed by atoms with Crippen LogP contribution in [0.5, 0.6) is 0 Å². The predicted octanol–water partition coefficient (Wildman–Crippen LogP) is 1.28. The third kappa shape index (κ3) is 1.47. The number of hydrogen-bond donors (Lipinski definition) is 1. The van der Waals surface area contributed by atoms with E-state index < -0.39 is 0 Å². The topological polar surface area (TPSA) is 23.5 Å². The second kappa shape index (κ2) is 3.30. The maximum Gasteiger partial charge on any atom is 0.163 e. The van der Waals surface area contributed by atoms with Gasteiger partial charge in [0, 0.05) is 30.7 Å². The second-order valence-corrected chi connectivity index (χ2v) is 3.11. The first-order chi connectivity index (χ1) is 4.75. The molecule has 0 amide bonds. The Hall–Kier alpha value is -0.150. The van der Waals surface area contributed by atoms with Crippen molar-refractivity contribution in [3.05, 3.63) is 16.5 Å². The molecule has 0 atom stereocenters. The van der Waals surface area contributed by atoms with Crippen molar-refractivity contribution in [1.82, 2.24) is 4.90 Å². The van der Waals surface area contributed by atoms with Crippen LogP contribution >= 0.6 is 11.8 Å². The molecule has 0 saturated heterocycles. The zero-order valence-electron chi connectivity index (χ0n) is 6.22. The van der Waals surface area contributed by atoms with Gasteiger partial charge >= 0.3 is 0 Å². The Kier molecular flexibility index (Phi) is 2.63. The normalized spacial score (nSPS) is 18.9. The number of nitrogens with zero attached hydrogens (tertiary/aromatic N) is 1. The molecule has 56 valence electrons. The van der Waals surface area contributed by atoms with Crippen molar-refractivity contribution in [1.29, 1.82) is 0 Å². The zero-order valence-corrected chi connectivity index (χ0v) is 7.03. The van der Waals surface area contributed by atoms with Crippen molar-refractivity contribution < 1.29 is 5.11 Å². The van der Waals surface area contributed by atoms with Crippen LogP contribution in [0.4, 0.5) is 0 Å². The average molecular weight is 157 g/mol. The molecule has 1 aliphatic rings. The number of hydrogen-bond acceptors (Lipinski definition) is 3. The van der Waals surface area contributed by atoms with Gasteiger partial charge in [0.15, 0.2) is 5.88 Å². The summed E-state index contributed by atoms with van der Waals surface area (Å²) in [5.74, 6) is 3.07. The minimum atomic E-state index is 0.231. The lowest BCUT2D eigenvalue weighted by molar-refractivity contribution is 0.301. The van der Waals surface area contributed by atoms with Crippen molar-refractivity contribution in [2.45, 2.75) is 13.3 Å². The lowest BCUT2D eigenvalue weighted by Gasteiger charge is -2.08. The highest BCUT2D eigenvalue weighted by Crippen LogP contribution is 2.35. The maximum absolute atomic E-state index is 8.64. The molecule has 0 aromatic carbocycles. The van der Waals surface area contributed by atoms with Gasteiger partial charge in [-0.2, -0.15) is 0 Å². The Morgan fingerprint density at radius 2 is 2.40 bits per heavy atom. The van der Waals surface area contributed by atoms with E-state index in [2.05, 4.69) is 5.88 Å². The summed E-state index contributed by atoms with van der Waals surface area (Å²) in [5, 5.41) is 8.64. The van der Waals surface area contributed by atoms with E-state index in [1.807, 2.05) is 18.9 Å². The first-order valence-electron chi connectivity index (χ1n) is 3.22. The van der Waals surface area contributed by atoms with E-state index in [0.717, 1.165) is 6.42 Å². The molecule has 0 aromatic rings. The molecule has 0 aromatic heterocycles. The van der Waals surface area contributed by atoms with Gasteiger partial charge in [0.1, 0.15) is 0 Å². The number of allylic oxidation sites excluding steroid dienone is 1. The molecule has 1 rings (SSSR count). The van der Waals surface area contributed by atoms with Crippen molar-refractivity contribution >= 4 is 11.8 Å². The van der Waals surface area contributed by atoms with Crippen LogP contribution in [0.2, 0.25) is 0 Å². The summed E-state index contributed by atoms with van der Waals surface area (Å²) < 4.78 is 0. The lowest BCUT2D eigenvalue weighted by Crippen LogP contribution is -2.05. The van der Waals surface area contributed by atoms with E-state index in [1.54, 1.807) is 11.8 Å². The number of rotatable bonds is 2. The van der Waals surface area contributed by atoms with E-state index in [-0.39, 0.29) is 6.61 Å². The maximum atomic E-state index is 8.64. The Labute approximate surface area is 65.9 Å². The van der Waals surface area contributed by atoms with Gasteiger partial charge in [-0.05, 0) is 6.92 Å². The molecule has 0 aliphatic carbocycles. The number of aliphatic hydroxyl groups is 1. The Balaban J connectivity index is 2.56. The quantitative estimate of drug-likeness (QED) is 0.653. The van der Waals surface area contributed by atoms with E-state index in [4.69, 9.17) is 5.11 Å².